The van der Waals surface area contributed by atoms with Gasteiger partial charge in [-0.05, 0) is 67.7 Å². The van der Waals surface area contributed by atoms with Gasteiger partial charge in [-0.25, -0.2) is 0 Å². The monoisotopic (exact) mass is 638 g/mol. The van der Waals surface area contributed by atoms with Crippen LogP contribution in [0.15, 0.2) is 90.1 Å². The van der Waals surface area contributed by atoms with Crippen LogP contribution in [0.2, 0.25) is 0 Å². The fraction of sp³-hybridized carbons (Fsp3) is 0.314. The van der Waals surface area contributed by atoms with Gasteiger partial charge in [0.1, 0.15) is 5.82 Å². The number of benzene rings is 3. The lowest BCUT2D eigenvalue weighted by atomic mass is 10.1. The van der Waals surface area contributed by atoms with Crippen LogP contribution in [-0.2, 0) is 16.0 Å². The first-order valence-electron chi connectivity index (χ1n) is 15.5. The highest BCUT2D eigenvalue weighted by molar-refractivity contribution is 7.99. The number of thioether (sulfide) groups is 1. The van der Waals surface area contributed by atoms with Crippen molar-refractivity contribution in [3.05, 3.63) is 118 Å². The number of hydrogen-bond donors (Lipinski definition) is 0. The van der Waals surface area contributed by atoms with Gasteiger partial charge in [0.15, 0.2) is 5.16 Å². The van der Waals surface area contributed by atoms with Crippen molar-refractivity contribution in [1.29, 1.82) is 0 Å². The van der Waals surface area contributed by atoms with Gasteiger partial charge in [-0.1, -0.05) is 60.3 Å². The number of piperazine rings is 1. The lowest BCUT2D eigenvalue weighted by Crippen LogP contribution is -2.55. The molecule has 1 aliphatic heterocycles. The summed E-state index contributed by atoms with van der Waals surface area (Å²) in [6.07, 6.45) is 5.92. The lowest BCUT2D eigenvalue weighted by Gasteiger charge is -2.39. The third kappa shape index (κ3) is 8.28. The average molecular weight is 639 g/mol. The molecule has 0 bridgehead atoms. The predicted octanol–water partition coefficient (Wildman–Crippen LogP) is 6.11. The van der Waals surface area contributed by atoms with Crippen LogP contribution in [0.4, 0.5) is 5.69 Å². The maximum Gasteiger partial charge on any atom is 0.269 e. The number of carbonyl (C=O) groups excluding carboxylic acids is 2. The summed E-state index contributed by atoms with van der Waals surface area (Å²) in [7, 11) is 0. The first kappa shape index (κ1) is 32.6. The van der Waals surface area contributed by atoms with Crippen molar-refractivity contribution in [3.63, 3.8) is 0 Å². The highest BCUT2D eigenvalue weighted by Crippen LogP contribution is 2.26. The molecule has 1 unspecified atom stereocenters. The van der Waals surface area contributed by atoms with Crippen LogP contribution in [0, 0.1) is 17.0 Å². The van der Waals surface area contributed by atoms with Crippen molar-refractivity contribution in [2.75, 3.05) is 25.4 Å². The molecule has 0 N–H and O–H groups in total. The van der Waals surface area contributed by atoms with Gasteiger partial charge in [0.05, 0.1) is 10.6 Å². The molecule has 0 saturated carbocycles. The minimum Gasteiger partial charge on any atom is -0.339 e. The van der Waals surface area contributed by atoms with Gasteiger partial charge in [-0.3, -0.25) is 24.3 Å². The molecule has 10 nitrogen and oxygen atoms in total. The van der Waals surface area contributed by atoms with E-state index in [0.717, 1.165) is 40.8 Å². The summed E-state index contributed by atoms with van der Waals surface area (Å²) in [5, 5.41) is 20.8. The van der Waals surface area contributed by atoms with E-state index in [-0.39, 0.29) is 23.5 Å². The summed E-state index contributed by atoms with van der Waals surface area (Å²) in [5.74, 6) is 1.69. The molecule has 1 aromatic heterocycles. The van der Waals surface area contributed by atoms with Gasteiger partial charge >= 0.3 is 0 Å². The Morgan fingerprint density at radius 1 is 0.978 bits per heavy atom. The van der Waals surface area contributed by atoms with Crippen molar-refractivity contribution in [3.8, 4) is 5.69 Å². The predicted molar refractivity (Wildman–Crippen MR) is 180 cm³/mol. The van der Waals surface area contributed by atoms with Crippen LogP contribution in [-0.4, -0.2) is 72.7 Å². The van der Waals surface area contributed by atoms with E-state index >= 15 is 0 Å². The molecule has 5 rings (SSSR count). The molecule has 3 aromatic carbocycles. The van der Waals surface area contributed by atoms with Gasteiger partial charge < -0.3 is 9.80 Å². The van der Waals surface area contributed by atoms with Crippen molar-refractivity contribution >= 4 is 35.3 Å². The number of non-ortho nitro benzene ring substituents is 1. The molecule has 2 amide bonds. The normalized spacial score (nSPS) is 15.0. The Morgan fingerprint density at radius 2 is 1.72 bits per heavy atom. The molecular weight excluding hydrogens is 600 g/mol. The standard InChI is InChI=1S/C35H38N6O4S/c1-26-10-6-7-13-31(26)40-32(24-29-11-4-3-5-12-29)36-37-35(40)46-23-9-8-14-33(42)38-21-22-39(27(2)25-38)34(43)20-17-28-15-18-30(19-16-28)41(44)45/h3-7,10-13,15-20,27H,8-9,14,21-25H2,1-2H3/b20-17+. The first-order valence-corrected chi connectivity index (χ1v) is 16.5. The van der Waals surface area contributed by atoms with E-state index in [0.29, 0.717) is 38.0 Å². The van der Waals surface area contributed by atoms with Crippen molar-refractivity contribution in [2.24, 2.45) is 0 Å². The second-order valence-electron chi connectivity index (χ2n) is 11.4. The summed E-state index contributed by atoms with van der Waals surface area (Å²) in [4.78, 5) is 39.9. The molecule has 1 saturated heterocycles. The zero-order valence-corrected chi connectivity index (χ0v) is 26.9. The smallest absolute Gasteiger partial charge is 0.269 e. The Bertz CT molecular complexity index is 1690. The zero-order chi connectivity index (χ0) is 32.5. The van der Waals surface area contributed by atoms with Crippen LogP contribution in [0.5, 0.6) is 0 Å². The third-order valence-corrected chi connectivity index (χ3v) is 9.08. The van der Waals surface area contributed by atoms with Crippen molar-refractivity contribution in [2.45, 2.75) is 50.7 Å². The fourth-order valence-electron chi connectivity index (χ4n) is 5.52. The number of unbranched alkanes of at least 4 members (excludes halogenated alkanes) is 1. The molecular formula is C35H38N6O4S. The lowest BCUT2D eigenvalue weighted by molar-refractivity contribution is -0.384. The maximum atomic E-state index is 13.0. The molecule has 1 fully saturated rings. The molecule has 0 aliphatic carbocycles. The first-order chi connectivity index (χ1) is 22.3. The second-order valence-corrected chi connectivity index (χ2v) is 12.5. The highest BCUT2D eigenvalue weighted by atomic mass is 32.2. The van der Waals surface area contributed by atoms with Crippen LogP contribution in [0.1, 0.15) is 48.7 Å². The van der Waals surface area contributed by atoms with E-state index in [9.17, 15) is 19.7 Å². The van der Waals surface area contributed by atoms with Crippen LogP contribution >= 0.6 is 11.8 Å². The van der Waals surface area contributed by atoms with Crippen LogP contribution < -0.4 is 0 Å². The number of hydrogen-bond acceptors (Lipinski definition) is 7. The number of carbonyl (C=O) groups is 2. The molecule has 4 aromatic rings. The Kier molecular flexibility index (Phi) is 11.0. The Morgan fingerprint density at radius 3 is 2.43 bits per heavy atom. The number of nitrogens with zero attached hydrogens (tertiary/aromatic N) is 6. The summed E-state index contributed by atoms with van der Waals surface area (Å²) in [5.41, 5.74) is 4.12. The Labute approximate surface area is 273 Å². The SMILES string of the molecule is Cc1ccccc1-n1c(Cc2ccccc2)nnc1SCCCCC(=O)N1CCN(C(=O)/C=C/c2ccc([N+](=O)[O-])cc2)C(C)C1. The van der Waals surface area contributed by atoms with Gasteiger partial charge in [-0.2, -0.15) is 0 Å². The number of aromatic nitrogens is 3. The molecule has 0 spiro atoms. The summed E-state index contributed by atoms with van der Waals surface area (Å²) >= 11 is 1.66. The highest BCUT2D eigenvalue weighted by Gasteiger charge is 2.28. The van der Waals surface area contributed by atoms with Crippen LogP contribution in [0.25, 0.3) is 11.8 Å². The van der Waals surface area contributed by atoms with E-state index in [1.54, 1.807) is 34.9 Å². The number of amides is 2. The maximum absolute atomic E-state index is 13.0. The van der Waals surface area contributed by atoms with Crippen molar-refractivity contribution < 1.29 is 14.5 Å². The minimum absolute atomic E-state index is 0.00681. The molecule has 238 valence electrons. The van der Waals surface area contributed by atoms with Gasteiger partial charge in [0.25, 0.3) is 5.69 Å². The van der Waals surface area contributed by atoms with Gasteiger partial charge in [0.2, 0.25) is 11.8 Å². The number of aryl methyl sites for hydroxylation is 1. The van der Waals surface area contributed by atoms with E-state index in [1.807, 2.05) is 42.2 Å². The largest absolute Gasteiger partial charge is 0.339 e. The Hall–Kier alpha value is -4.77. The van der Waals surface area contributed by atoms with E-state index in [1.165, 1.54) is 23.8 Å². The summed E-state index contributed by atoms with van der Waals surface area (Å²) in [6.45, 7) is 5.50. The zero-order valence-electron chi connectivity index (χ0n) is 26.1. The minimum atomic E-state index is -0.454. The molecule has 11 heteroatoms. The number of rotatable bonds is 12. The molecule has 1 atom stereocenters. The van der Waals surface area contributed by atoms with Gasteiger partial charge in [0, 0.05) is 62.5 Å². The molecule has 1 aliphatic rings. The fourth-order valence-corrected chi connectivity index (χ4v) is 6.49. The van der Waals surface area contributed by atoms with Crippen LogP contribution in [0.3, 0.4) is 0 Å². The van der Waals surface area contributed by atoms with E-state index in [4.69, 9.17) is 0 Å². The summed E-state index contributed by atoms with van der Waals surface area (Å²) < 4.78 is 2.15. The average Bonchev–Trinajstić information content (AvgIpc) is 3.45. The topological polar surface area (TPSA) is 114 Å². The number of nitro groups is 1. The molecule has 0 radical (unpaired) electrons. The number of para-hydroxylation sites is 1. The van der Waals surface area contributed by atoms with Crippen molar-refractivity contribution in [1.82, 2.24) is 24.6 Å². The van der Waals surface area contributed by atoms with E-state index in [2.05, 4.69) is 46.0 Å². The van der Waals surface area contributed by atoms with Gasteiger partial charge in [-0.15, -0.1) is 10.2 Å². The molecule has 2 heterocycles. The molecule has 46 heavy (non-hydrogen) atoms. The third-order valence-electron chi connectivity index (χ3n) is 8.06. The number of nitro benzene ring substituents is 1. The Balaban J connectivity index is 1.09. The second kappa shape index (κ2) is 15.5. The summed E-state index contributed by atoms with van der Waals surface area (Å²) in [6, 6.07) is 24.5. The quantitative estimate of drug-likeness (QED) is 0.0605. The van der Waals surface area contributed by atoms with E-state index < -0.39 is 4.92 Å².